The van der Waals surface area contributed by atoms with Crippen molar-refractivity contribution in [3.8, 4) is 11.5 Å². The monoisotopic (exact) mass is 292 g/mol. The van der Waals surface area contributed by atoms with Crippen molar-refractivity contribution < 1.29 is 9.52 Å². The van der Waals surface area contributed by atoms with Gasteiger partial charge in [-0.05, 0) is 37.8 Å². The largest absolute Gasteiger partial charge is 0.441 e. The fourth-order valence-corrected chi connectivity index (χ4v) is 3.38. The van der Waals surface area contributed by atoms with Crippen molar-refractivity contribution in [3.05, 3.63) is 28.3 Å². The van der Waals surface area contributed by atoms with Crippen molar-refractivity contribution in [2.75, 3.05) is 13.2 Å². The number of oxazole rings is 1. The molecule has 1 aliphatic rings. The van der Waals surface area contributed by atoms with Gasteiger partial charge >= 0.3 is 0 Å². The summed E-state index contributed by atoms with van der Waals surface area (Å²) in [5, 5.41) is 13.6. The molecule has 0 aromatic carbocycles. The highest BCUT2D eigenvalue weighted by Crippen LogP contribution is 2.26. The smallest absolute Gasteiger partial charge is 0.227 e. The summed E-state index contributed by atoms with van der Waals surface area (Å²) in [4.78, 5) is 6.96. The van der Waals surface area contributed by atoms with Crippen LogP contribution in [0, 0.1) is 6.92 Å². The molecule has 0 saturated carbocycles. The molecule has 0 amide bonds. The first-order valence-corrected chi connectivity index (χ1v) is 8.06. The number of piperidine rings is 1. The standard InChI is InChI=1S/C15H20N2O2S/c1-11-14(8-17-6-3-2-4-13(17)9-18)16-15(19-11)12-5-7-20-10-12/h5,7,10,13,18H,2-4,6,8-9H2,1H3/t13-/m1/s1. The summed E-state index contributed by atoms with van der Waals surface area (Å²) in [6.45, 7) is 4.00. The number of nitrogens with zero attached hydrogens (tertiary/aromatic N) is 2. The Labute approximate surface area is 123 Å². The third-order valence-corrected chi connectivity index (χ3v) is 4.66. The fraction of sp³-hybridized carbons (Fsp3) is 0.533. The van der Waals surface area contributed by atoms with E-state index in [0.717, 1.165) is 36.5 Å². The molecule has 0 bridgehead atoms. The number of aryl methyl sites for hydroxylation is 1. The van der Waals surface area contributed by atoms with Gasteiger partial charge in [0.15, 0.2) is 0 Å². The number of aliphatic hydroxyl groups excluding tert-OH is 1. The van der Waals surface area contributed by atoms with Crippen LogP contribution in [0.5, 0.6) is 0 Å². The van der Waals surface area contributed by atoms with Gasteiger partial charge in [0.2, 0.25) is 5.89 Å². The molecular formula is C15H20N2O2S. The second-order valence-electron chi connectivity index (χ2n) is 5.34. The normalized spacial score (nSPS) is 20.4. The van der Waals surface area contributed by atoms with Crippen LogP contribution in [0.4, 0.5) is 0 Å². The van der Waals surface area contributed by atoms with Crippen LogP contribution >= 0.6 is 11.3 Å². The molecule has 0 radical (unpaired) electrons. The van der Waals surface area contributed by atoms with Gasteiger partial charge in [0.05, 0.1) is 12.3 Å². The van der Waals surface area contributed by atoms with Crippen LogP contribution in [0.25, 0.3) is 11.5 Å². The molecule has 1 atom stereocenters. The van der Waals surface area contributed by atoms with Gasteiger partial charge in [-0.25, -0.2) is 4.98 Å². The van der Waals surface area contributed by atoms with Crippen molar-refractivity contribution in [3.63, 3.8) is 0 Å². The summed E-state index contributed by atoms with van der Waals surface area (Å²) in [6, 6.07) is 2.29. The zero-order valence-corrected chi connectivity index (χ0v) is 12.5. The van der Waals surface area contributed by atoms with Crippen molar-refractivity contribution in [1.29, 1.82) is 0 Å². The van der Waals surface area contributed by atoms with Crippen LogP contribution in [0.2, 0.25) is 0 Å². The molecule has 0 aliphatic carbocycles. The predicted octanol–water partition coefficient (Wildman–Crippen LogP) is 3.06. The molecule has 2 aromatic rings. The first kappa shape index (κ1) is 13.8. The van der Waals surface area contributed by atoms with Gasteiger partial charge in [-0.2, -0.15) is 11.3 Å². The molecule has 0 spiro atoms. The van der Waals surface area contributed by atoms with E-state index in [2.05, 4.69) is 9.88 Å². The highest BCUT2D eigenvalue weighted by Gasteiger charge is 2.24. The van der Waals surface area contributed by atoms with E-state index in [0.29, 0.717) is 5.89 Å². The van der Waals surface area contributed by atoms with E-state index in [1.165, 1.54) is 12.8 Å². The minimum Gasteiger partial charge on any atom is -0.441 e. The van der Waals surface area contributed by atoms with E-state index >= 15 is 0 Å². The van der Waals surface area contributed by atoms with Crippen molar-refractivity contribution >= 4 is 11.3 Å². The lowest BCUT2D eigenvalue weighted by molar-refractivity contribution is 0.0828. The number of hydrogen-bond acceptors (Lipinski definition) is 5. The average Bonchev–Trinajstić information content (AvgIpc) is 3.10. The summed E-state index contributed by atoms with van der Waals surface area (Å²) < 4.78 is 5.78. The number of aliphatic hydroxyl groups is 1. The molecule has 1 saturated heterocycles. The van der Waals surface area contributed by atoms with Gasteiger partial charge < -0.3 is 9.52 Å². The highest BCUT2D eigenvalue weighted by molar-refractivity contribution is 7.08. The topological polar surface area (TPSA) is 49.5 Å². The molecule has 3 rings (SSSR count). The Bertz CT molecular complexity index is 550. The molecule has 108 valence electrons. The summed E-state index contributed by atoms with van der Waals surface area (Å²) in [5.41, 5.74) is 2.04. The van der Waals surface area contributed by atoms with Gasteiger partial charge in [-0.3, -0.25) is 4.90 Å². The molecule has 3 heterocycles. The van der Waals surface area contributed by atoms with Gasteiger partial charge in [0, 0.05) is 23.5 Å². The van der Waals surface area contributed by atoms with E-state index in [-0.39, 0.29) is 12.6 Å². The maximum atomic E-state index is 9.48. The SMILES string of the molecule is Cc1oc(-c2ccsc2)nc1CN1CCCC[C@@H]1CO. The Balaban J connectivity index is 1.77. The van der Waals surface area contributed by atoms with E-state index in [1.54, 1.807) is 11.3 Å². The Morgan fingerprint density at radius 3 is 3.15 bits per heavy atom. The van der Waals surface area contributed by atoms with Crippen LogP contribution in [0.3, 0.4) is 0 Å². The van der Waals surface area contributed by atoms with Crippen LogP contribution in [-0.2, 0) is 6.54 Å². The quantitative estimate of drug-likeness (QED) is 0.941. The zero-order chi connectivity index (χ0) is 13.9. The van der Waals surface area contributed by atoms with E-state index in [4.69, 9.17) is 4.42 Å². The molecule has 20 heavy (non-hydrogen) atoms. The Morgan fingerprint density at radius 1 is 1.50 bits per heavy atom. The van der Waals surface area contributed by atoms with Crippen LogP contribution in [0.1, 0.15) is 30.7 Å². The van der Waals surface area contributed by atoms with E-state index in [9.17, 15) is 5.11 Å². The van der Waals surface area contributed by atoms with Crippen LogP contribution in [0.15, 0.2) is 21.2 Å². The minimum absolute atomic E-state index is 0.230. The molecule has 1 N–H and O–H groups in total. The van der Waals surface area contributed by atoms with Crippen LogP contribution < -0.4 is 0 Å². The summed E-state index contributed by atoms with van der Waals surface area (Å²) in [7, 11) is 0. The Kier molecular flexibility index (Phi) is 4.19. The lowest BCUT2D eigenvalue weighted by Gasteiger charge is -2.33. The maximum absolute atomic E-state index is 9.48. The van der Waals surface area contributed by atoms with Crippen molar-refractivity contribution in [2.24, 2.45) is 0 Å². The molecule has 1 aliphatic heterocycles. The lowest BCUT2D eigenvalue weighted by atomic mass is 10.0. The zero-order valence-electron chi connectivity index (χ0n) is 11.7. The molecule has 0 unspecified atom stereocenters. The fourth-order valence-electron chi connectivity index (χ4n) is 2.75. The minimum atomic E-state index is 0.230. The molecule has 1 fully saturated rings. The number of rotatable bonds is 4. The van der Waals surface area contributed by atoms with Gasteiger partial charge in [-0.15, -0.1) is 0 Å². The van der Waals surface area contributed by atoms with Crippen molar-refractivity contribution in [2.45, 2.75) is 38.8 Å². The third-order valence-electron chi connectivity index (χ3n) is 3.97. The second kappa shape index (κ2) is 6.08. The number of thiophene rings is 1. The summed E-state index contributed by atoms with van der Waals surface area (Å²) in [5.74, 6) is 1.59. The molecular weight excluding hydrogens is 272 g/mol. The van der Waals surface area contributed by atoms with E-state index < -0.39 is 0 Å². The lowest BCUT2D eigenvalue weighted by Crippen LogP contribution is -2.41. The Morgan fingerprint density at radius 2 is 2.40 bits per heavy atom. The first-order chi connectivity index (χ1) is 9.78. The predicted molar refractivity (Wildman–Crippen MR) is 79.7 cm³/mol. The maximum Gasteiger partial charge on any atom is 0.227 e. The number of likely N-dealkylation sites (tertiary alicyclic amines) is 1. The Hall–Kier alpha value is -1.17. The van der Waals surface area contributed by atoms with E-state index in [1.807, 2.05) is 23.8 Å². The summed E-state index contributed by atoms with van der Waals surface area (Å²) >= 11 is 1.65. The third kappa shape index (κ3) is 2.80. The van der Waals surface area contributed by atoms with Gasteiger partial charge in [-0.1, -0.05) is 6.42 Å². The average molecular weight is 292 g/mol. The molecule has 2 aromatic heterocycles. The molecule has 4 nitrogen and oxygen atoms in total. The molecule has 5 heteroatoms. The highest BCUT2D eigenvalue weighted by atomic mass is 32.1. The van der Waals surface area contributed by atoms with Gasteiger partial charge in [0.25, 0.3) is 0 Å². The van der Waals surface area contributed by atoms with Crippen LogP contribution in [-0.4, -0.2) is 34.2 Å². The van der Waals surface area contributed by atoms with Crippen molar-refractivity contribution in [1.82, 2.24) is 9.88 Å². The number of hydrogen-bond donors (Lipinski definition) is 1. The number of aromatic nitrogens is 1. The second-order valence-corrected chi connectivity index (χ2v) is 6.12. The summed E-state index contributed by atoms with van der Waals surface area (Å²) in [6.07, 6.45) is 3.48. The first-order valence-electron chi connectivity index (χ1n) is 7.11. The van der Waals surface area contributed by atoms with Gasteiger partial charge in [0.1, 0.15) is 5.76 Å².